The van der Waals surface area contributed by atoms with E-state index < -0.39 is 58.1 Å². The number of nitrogens with zero attached hydrogens (tertiary/aromatic N) is 1. The van der Waals surface area contributed by atoms with E-state index in [1.54, 1.807) is 5.01 Å². The van der Waals surface area contributed by atoms with Gasteiger partial charge in [0.25, 0.3) is 5.91 Å². The molecule has 45 heavy (non-hydrogen) atoms. The van der Waals surface area contributed by atoms with Crippen LogP contribution in [0.3, 0.4) is 0 Å². The van der Waals surface area contributed by atoms with Gasteiger partial charge in [-0.25, -0.2) is 14.6 Å². The van der Waals surface area contributed by atoms with E-state index in [-0.39, 0.29) is 35.9 Å². The molecule has 12 nitrogen and oxygen atoms in total. The lowest BCUT2D eigenvalue weighted by atomic mass is 9.90. The number of phenolic OH excluding ortho intramolecular Hbond substituents is 4. The molecule has 5 N–H and O–H groups in total. The topological polar surface area (TPSA) is 183 Å². The lowest BCUT2D eigenvalue weighted by molar-refractivity contribution is 0.0306. The molecule has 0 bridgehead atoms. The number of nitrogens with one attached hydrogen (secondary N) is 1. The molecule has 1 saturated heterocycles. The van der Waals surface area contributed by atoms with Gasteiger partial charge in [-0.2, -0.15) is 0 Å². The quantitative estimate of drug-likeness (QED) is 0.172. The van der Waals surface area contributed by atoms with Gasteiger partial charge >= 0.3 is 11.9 Å². The Hall–Kier alpha value is -5.10. The average Bonchev–Trinajstić information content (AvgIpc) is 3.46. The Labute approximate surface area is 258 Å². The molecular weight excluding hydrogens is 584 g/mol. The number of ether oxygens (including phenoxy) is 2. The molecule has 0 aromatic heterocycles. The number of carbonyl (C=O) groups excluding carboxylic acids is 4. The van der Waals surface area contributed by atoms with E-state index in [2.05, 4.69) is 5.43 Å². The van der Waals surface area contributed by atoms with Gasteiger partial charge in [0.15, 0.2) is 0 Å². The van der Waals surface area contributed by atoms with E-state index in [1.807, 2.05) is 0 Å². The maximum Gasteiger partial charge on any atom is 0.339 e. The normalized spacial score (nSPS) is 17.0. The molecular formula is C33H34N2O10. The van der Waals surface area contributed by atoms with Crippen molar-refractivity contribution in [2.75, 3.05) is 19.7 Å². The molecule has 1 saturated carbocycles. The summed E-state index contributed by atoms with van der Waals surface area (Å²) in [6, 6.07) is 11.5. The molecule has 1 unspecified atom stereocenters. The molecule has 0 spiro atoms. The van der Waals surface area contributed by atoms with E-state index in [0.717, 1.165) is 44.2 Å². The zero-order valence-corrected chi connectivity index (χ0v) is 24.4. The third kappa shape index (κ3) is 7.35. The fourth-order valence-corrected chi connectivity index (χ4v) is 5.63. The van der Waals surface area contributed by atoms with Crippen molar-refractivity contribution < 1.29 is 49.1 Å². The fourth-order valence-electron chi connectivity index (χ4n) is 5.63. The molecule has 2 aliphatic rings. The first kappa shape index (κ1) is 31.3. The van der Waals surface area contributed by atoms with Gasteiger partial charge in [0.2, 0.25) is 5.78 Å². The Balaban J connectivity index is 1.24. The lowest BCUT2D eigenvalue weighted by Crippen LogP contribution is -2.41. The van der Waals surface area contributed by atoms with Crippen molar-refractivity contribution in [3.8, 4) is 23.0 Å². The number of hydrogen-bond acceptors (Lipinski definition) is 11. The highest BCUT2D eigenvalue weighted by Gasteiger charge is 2.31. The smallest absolute Gasteiger partial charge is 0.339 e. The molecule has 1 heterocycles. The summed E-state index contributed by atoms with van der Waals surface area (Å²) in [6.07, 6.45) is 4.90. The van der Waals surface area contributed by atoms with E-state index >= 15 is 0 Å². The maximum atomic E-state index is 13.5. The first-order valence-corrected chi connectivity index (χ1v) is 14.8. The van der Waals surface area contributed by atoms with Crippen LogP contribution in [-0.4, -0.2) is 74.9 Å². The zero-order chi connectivity index (χ0) is 32.1. The number of hydrazine groups is 1. The Morgan fingerprint density at radius 2 is 1.47 bits per heavy atom. The van der Waals surface area contributed by atoms with Crippen LogP contribution >= 0.6 is 0 Å². The number of amides is 1. The van der Waals surface area contributed by atoms with Crippen LogP contribution in [0.15, 0.2) is 54.6 Å². The minimum Gasteiger partial charge on any atom is -0.508 e. The molecule has 1 aliphatic heterocycles. The van der Waals surface area contributed by atoms with Crippen LogP contribution < -0.4 is 5.43 Å². The number of carbonyl (C=O) groups is 4. The first-order chi connectivity index (χ1) is 21.6. The minimum absolute atomic E-state index is 0.0295. The van der Waals surface area contributed by atoms with Crippen molar-refractivity contribution in [1.29, 1.82) is 0 Å². The maximum absolute atomic E-state index is 13.5. The van der Waals surface area contributed by atoms with Crippen LogP contribution in [0.2, 0.25) is 0 Å². The summed E-state index contributed by atoms with van der Waals surface area (Å²) in [6.45, 7) is 0.744. The zero-order valence-electron chi connectivity index (χ0n) is 24.4. The van der Waals surface area contributed by atoms with Crippen LogP contribution in [0.4, 0.5) is 0 Å². The molecule has 3 aromatic carbocycles. The van der Waals surface area contributed by atoms with Gasteiger partial charge in [0.1, 0.15) is 34.7 Å². The summed E-state index contributed by atoms with van der Waals surface area (Å²) < 4.78 is 11.0. The van der Waals surface area contributed by atoms with Gasteiger partial charge in [0.05, 0.1) is 29.8 Å². The van der Waals surface area contributed by atoms with E-state index in [0.29, 0.717) is 18.5 Å². The van der Waals surface area contributed by atoms with Gasteiger partial charge < -0.3 is 29.9 Å². The summed E-state index contributed by atoms with van der Waals surface area (Å²) in [5, 5.41) is 42.9. The SMILES string of the molecule is O=C(NN1CCC(OC(=O)c2cc(O)c(C(=O)c3c(O)cccc3C(=O)OCC3CCCCC3)c(O)c2)C1)c1ccc(O)cc1. The van der Waals surface area contributed by atoms with Crippen molar-refractivity contribution in [1.82, 2.24) is 10.4 Å². The molecule has 3 aromatic rings. The van der Waals surface area contributed by atoms with Gasteiger partial charge in [-0.15, -0.1) is 0 Å². The number of benzene rings is 3. The van der Waals surface area contributed by atoms with Crippen LogP contribution in [-0.2, 0) is 9.47 Å². The van der Waals surface area contributed by atoms with Crippen LogP contribution in [0.5, 0.6) is 23.0 Å². The number of hydrogen-bond donors (Lipinski definition) is 5. The molecule has 1 amide bonds. The van der Waals surface area contributed by atoms with Crippen molar-refractivity contribution in [2.45, 2.75) is 44.6 Å². The highest BCUT2D eigenvalue weighted by molar-refractivity contribution is 6.18. The molecule has 5 rings (SSSR count). The highest BCUT2D eigenvalue weighted by Crippen LogP contribution is 2.35. The number of rotatable bonds is 9. The van der Waals surface area contributed by atoms with Gasteiger partial charge in [-0.1, -0.05) is 25.3 Å². The molecule has 1 atom stereocenters. The molecule has 2 fully saturated rings. The van der Waals surface area contributed by atoms with E-state index in [9.17, 15) is 39.6 Å². The molecule has 236 valence electrons. The summed E-state index contributed by atoms with van der Waals surface area (Å²) in [4.78, 5) is 51.7. The van der Waals surface area contributed by atoms with Crippen molar-refractivity contribution >= 4 is 23.6 Å². The second-order valence-corrected chi connectivity index (χ2v) is 11.3. The summed E-state index contributed by atoms with van der Waals surface area (Å²) >= 11 is 0. The van der Waals surface area contributed by atoms with Gasteiger partial charge in [0, 0.05) is 18.5 Å². The van der Waals surface area contributed by atoms with E-state index in [4.69, 9.17) is 9.47 Å². The number of aromatic hydroxyl groups is 4. The van der Waals surface area contributed by atoms with Crippen molar-refractivity contribution in [2.24, 2.45) is 5.92 Å². The predicted molar refractivity (Wildman–Crippen MR) is 159 cm³/mol. The lowest BCUT2D eigenvalue weighted by Gasteiger charge is -2.21. The first-order valence-electron chi connectivity index (χ1n) is 14.8. The molecule has 0 radical (unpaired) electrons. The Bertz CT molecular complexity index is 1570. The van der Waals surface area contributed by atoms with Crippen LogP contribution in [0.25, 0.3) is 0 Å². The number of phenols is 4. The Morgan fingerprint density at radius 3 is 2.16 bits per heavy atom. The Morgan fingerprint density at radius 1 is 0.778 bits per heavy atom. The van der Waals surface area contributed by atoms with Gasteiger partial charge in [-0.05, 0) is 67.3 Å². The summed E-state index contributed by atoms with van der Waals surface area (Å²) in [5.41, 5.74) is 1.51. The van der Waals surface area contributed by atoms with Crippen LogP contribution in [0.1, 0.15) is 85.5 Å². The van der Waals surface area contributed by atoms with Crippen molar-refractivity contribution in [3.63, 3.8) is 0 Å². The fraction of sp³-hybridized carbons (Fsp3) is 0.333. The highest BCUT2D eigenvalue weighted by atomic mass is 16.5. The molecule has 1 aliphatic carbocycles. The van der Waals surface area contributed by atoms with Crippen molar-refractivity contribution in [3.05, 3.63) is 82.4 Å². The summed E-state index contributed by atoms with van der Waals surface area (Å²) in [7, 11) is 0. The minimum atomic E-state index is -1.04. The molecule has 12 heteroatoms. The largest absolute Gasteiger partial charge is 0.508 e. The summed E-state index contributed by atoms with van der Waals surface area (Å²) in [5.74, 6) is -4.95. The van der Waals surface area contributed by atoms with E-state index in [1.165, 1.54) is 42.5 Å². The standard InChI is InChI=1S/C33H34N2O10/c36-22-11-9-20(10-12-22)31(41)34-35-14-13-23(17-35)45-32(42)21-15-26(38)29(27(39)16-21)30(40)28-24(7-4-8-25(28)37)33(43)44-18-19-5-2-1-3-6-19/h4,7-12,15-16,19,23,36-39H,1-3,5-6,13-14,17-18H2,(H,34,41). The van der Waals surface area contributed by atoms with Gasteiger partial charge in [-0.3, -0.25) is 15.0 Å². The third-order valence-electron chi connectivity index (χ3n) is 8.03. The average molecular weight is 619 g/mol. The monoisotopic (exact) mass is 618 g/mol. The third-order valence-corrected chi connectivity index (χ3v) is 8.03. The predicted octanol–water partition coefficient (Wildman–Crippen LogP) is 4.05. The second kappa shape index (κ2) is 13.7. The second-order valence-electron chi connectivity index (χ2n) is 11.3. The number of ketones is 1. The number of esters is 2. The van der Waals surface area contributed by atoms with Crippen LogP contribution in [0, 0.1) is 5.92 Å². The Kier molecular flexibility index (Phi) is 9.53.